The third kappa shape index (κ3) is 2.25. The maximum absolute atomic E-state index is 10.0. The fourth-order valence-electron chi connectivity index (χ4n) is 1.79. The number of thioether (sulfide) groups is 1. The fraction of sp³-hybridized carbons (Fsp3) is 0.417. The lowest BCUT2D eigenvalue weighted by molar-refractivity contribution is -0.166. The highest BCUT2D eigenvalue weighted by Gasteiger charge is 2.43. The van der Waals surface area contributed by atoms with Gasteiger partial charge in [0, 0.05) is 12.5 Å². The number of benzene rings is 1. The number of ether oxygens (including phenoxy) is 1. The Balaban J connectivity index is 2.28. The number of hydrogen-bond donors (Lipinski definition) is 1. The summed E-state index contributed by atoms with van der Waals surface area (Å²) < 4.78 is 5.10. The summed E-state index contributed by atoms with van der Waals surface area (Å²) in [6.07, 6.45) is 1.92. The lowest BCUT2D eigenvalue weighted by Crippen LogP contribution is -2.38. The summed E-state index contributed by atoms with van der Waals surface area (Å²) in [7, 11) is 1.63. The zero-order chi connectivity index (χ0) is 12.5. The van der Waals surface area contributed by atoms with Crippen LogP contribution in [0, 0.1) is 0 Å². The predicted octanol–water partition coefficient (Wildman–Crippen LogP) is 1.87. The highest BCUT2D eigenvalue weighted by molar-refractivity contribution is 8.00. The number of oxime groups is 1. The molecule has 2 unspecified atom stereocenters. The smallest absolute Gasteiger partial charge is 0.249 e. The van der Waals surface area contributed by atoms with Gasteiger partial charge in [-0.3, -0.25) is 0 Å². The molecule has 0 saturated heterocycles. The monoisotopic (exact) mass is 253 g/mol. The Kier molecular flexibility index (Phi) is 3.31. The SMILES string of the molecule is COc1ccc(C2=NOC(C)(O)C2SC)cc1. The number of methoxy groups -OCH3 is 1. The van der Waals surface area contributed by atoms with E-state index in [1.807, 2.05) is 30.5 Å². The zero-order valence-corrected chi connectivity index (χ0v) is 10.8. The van der Waals surface area contributed by atoms with Crippen LogP contribution < -0.4 is 4.74 Å². The standard InChI is InChI=1S/C12H15NO3S/c1-12(14)11(17-3)10(13-16-12)8-4-6-9(15-2)7-5-8/h4-7,11,14H,1-3H3. The second kappa shape index (κ2) is 4.58. The van der Waals surface area contributed by atoms with Crippen LogP contribution in [0.5, 0.6) is 5.75 Å². The van der Waals surface area contributed by atoms with E-state index in [9.17, 15) is 5.11 Å². The van der Waals surface area contributed by atoms with Crippen molar-refractivity contribution in [2.75, 3.05) is 13.4 Å². The number of rotatable bonds is 3. The van der Waals surface area contributed by atoms with Crippen molar-refractivity contribution in [3.63, 3.8) is 0 Å². The molecule has 17 heavy (non-hydrogen) atoms. The lowest BCUT2D eigenvalue weighted by atomic mass is 10.0. The first-order valence-corrected chi connectivity index (χ1v) is 6.53. The minimum atomic E-state index is -1.24. The van der Waals surface area contributed by atoms with Crippen molar-refractivity contribution in [3.05, 3.63) is 29.8 Å². The Bertz CT molecular complexity index is 428. The van der Waals surface area contributed by atoms with E-state index in [1.54, 1.807) is 14.0 Å². The van der Waals surface area contributed by atoms with Gasteiger partial charge in [0.05, 0.1) is 7.11 Å². The van der Waals surface area contributed by atoms with E-state index in [0.29, 0.717) is 0 Å². The molecule has 5 heteroatoms. The molecule has 1 heterocycles. The summed E-state index contributed by atoms with van der Waals surface area (Å²) >= 11 is 1.52. The Morgan fingerprint density at radius 3 is 2.59 bits per heavy atom. The third-order valence-electron chi connectivity index (χ3n) is 2.69. The van der Waals surface area contributed by atoms with E-state index in [1.165, 1.54) is 11.8 Å². The van der Waals surface area contributed by atoms with E-state index in [0.717, 1.165) is 17.0 Å². The summed E-state index contributed by atoms with van der Waals surface area (Å²) in [5.74, 6) is -0.449. The van der Waals surface area contributed by atoms with Crippen LogP contribution in [0.1, 0.15) is 12.5 Å². The molecule has 1 aromatic rings. The van der Waals surface area contributed by atoms with Crippen molar-refractivity contribution >= 4 is 17.5 Å². The molecule has 1 aliphatic rings. The molecule has 2 rings (SSSR count). The summed E-state index contributed by atoms with van der Waals surface area (Å²) in [5, 5.41) is 13.8. The highest BCUT2D eigenvalue weighted by Crippen LogP contribution is 2.32. The topological polar surface area (TPSA) is 51.0 Å². The number of nitrogens with zero attached hydrogens (tertiary/aromatic N) is 1. The van der Waals surface area contributed by atoms with Gasteiger partial charge in [-0.25, -0.2) is 0 Å². The van der Waals surface area contributed by atoms with Crippen molar-refractivity contribution in [1.29, 1.82) is 0 Å². The maximum Gasteiger partial charge on any atom is 0.249 e. The lowest BCUT2D eigenvalue weighted by Gasteiger charge is -2.21. The molecule has 1 aliphatic heterocycles. The van der Waals surface area contributed by atoms with Crippen LogP contribution in [-0.2, 0) is 4.84 Å². The van der Waals surface area contributed by atoms with Gasteiger partial charge < -0.3 is 14.7 Å². The minimum absolute atomic E-state index is 0.184. The summed E-state index contributed by atoms with van der Waals surface area (Å²) in [6, 6.07) is 7.54. The van der Waals surface area contributed by atoms with Crippen molar-refractivity contribution in [2.24, 2.45) is 5.16 Å². The second-order valence-corrected chi connectivity index (χ2v) is 4.91. The van der Waals surface area contributed by atoms with Crippen molar-refractivity contribution in [2.45, 2.75) is 18.0 Å². The molecule has 0 amide bonds. The van der Waals surface area contributed by atoms with E-state index in [-0.39, 0.29) is 5.25 Å². The van der Waals surface area contributed by atoms with Crippen LogP contribution in [0.15, 0.2) is 29.4 Å². The Morgan fingerprint density at radius 1 is 1.41 bits per heavy atom. The van der Waals surface area contributed by atoms with Gasteiger partial charge in [-0.15, -0.1) is 11.8 Å². The maximum atomic E-state index is 10.0. The van der Waals surface area contributed by atoms with E-state index >= 15 is 0 Å². The van der Waals surface area contributed by atoms with Gasteiger partial charge in [-0.1, -0.05) is 5.16 Å². The van der Waals surface area contributed by atoms with Gasteiger partial charge in [0.2, 0.25) is 5.79 Å². The molecule has 0 saturated carbocycles. The van der Waals surface area contributed by atoms with Gasteiger partial charge in [0.1, 0.15) is 16.7 Å². The first kappa shape index (κ1) is 12.3. The average Bonchev–Trinajstić information content (AvgIpc) is 2.64. The Morgan fingerprint density at radius 2 is 2.06 bits per heavy atom. The van der Waals surface area contributed by atoms with Crippen molar-refractivity contribution < 1.29 is 14.7 Å². The fourth-order valence-corrected chi connectivity index (χ4v) is 2.67. The highest BCUT2D eigenvalue weighted by atomic mass is 32.2. The van der Waals surface area contributed by atoms with Gasteiger partial charge >= 0.3 is 0 Å². The molecule has 1 N–H and O–H groups in total. The molecule has 0 bridgehead atoms. The van der Waals surface area contributed by atoms with E-state index < -0.39 is 5.79 Å². The van der Waals surface area contributed by atoms with Gasteiger partial charge in [-0.2, -0.15) is 0 Å². The molecule has 0 radical (unpaired) electrons. The molecule has 2 atom stereocenters. The Labute approximate surface area is 105 Å². The van der Waals surface area contributed by atoms with E-state index in [2.05, 4.69) is 5.16 Å². The Hall–Kier alpha value is -1.20. The number of hydrogen-bond acceptors (Lipinski definition) is 5. The zero-order valence-electron chi connectivity index (χ0n) is 10.0. The van der Waals surface area contributed by atoms with Crippen LogP contribution >= 0.6 is 11.8 Å². The van der Waals surface area contributed by atoms with E-state index in [4.69, 9.17) is 9.57 Å². The first-order chi connectivity index (χ1) is 8.08. The molecular formula is C12H15NO3S. The molecule has 92 valence electrons. The molecule has 4 nitrogen and oxygen atoms in total. The van der Waals surface area contributed by atoms with Crippen LogP contribution in [0.25, 0.3) is 0 Å². The molecular weight excluding hydrogens is 238 g/mol. The van der Waals surface area contributed by atoms with Crippen LogP contribution in [0.2, 0.25) is 0 Å². The summed E-state index contributed by atoms with van der Waals surface area (Å²) in [5.41, 5.74) is 1.69. The summed E-state index contributed by atoms with van der Waals surface area (Å²) in [6.45, 7) is 1.62. The molecule has 0 aromatic heterocycles. The first-order valence-electron chi connectivity index (χ1n) is 5.24. The predicted molar refractivity (Wildman–Crippen MR) is 68.5 cm³/mol. The molecule has 1 aromatic carbocycles. The number of aliphatic hydroxyl groups is 1. The van der Waals surface area contributed by atoms with Crippen molar-refractivity contribution in [3.8, 4) is 5.75 Å². The second-order valence-electron chi connectivity index (χ2n) is 3.97. The van der Waals surface area contributed by atoms with Crippen LogP contribution in [0.4, 0.5) is 0 Å². The van der Waals surface area contributed by atoms with Gasteiger partial charge in [-0.05, 0) is 30.5 Å². The normalized spacial score (nSPS) is 27.5. The molecule has 0 aliphatic carbocycles. The van der Waals surface area contributed by atoms with Crippen molar-refractivity contribution in [1.82, 2.24) is 0 Å². The third-order valence-corrected chi connectivity index (χ3v) is 3.82. The minimum Gasteiger partial charge on any atom is -0.497 e. The van der Waals surface area contributed by atoms with Gasteiger partial charge in [0.15, 0.2) is 0 Å². The van der Waals surface area contributed by atoms with Crippen LogP contribution in [0.3, 0.4) is 0 Å². The molecule has 0 fully saturated rings. The largest absolute Gasteiger partial charge is 0.497 e. The van der Waals surface area contributed by atoms with Gasteiger partial charge in [0.25, 0.3) is 0 Å². The van der Waals surface area contributed by atoms with Crippen LogP contribution in [-0.4, -0.2) is 35.2 Å². The summed E-state index contributed by atoms with van der Waals surface area (Å²) in [4.78, 5) is 5.06. The molecule has 0 spiro atoms. The average molecular weight is 253 g/mol. The quantitative estimate of drug-likeness (QED) is 0.893.